The molecular formula is C19H23F4N5O. The number of halogens is 4. The fourth-order valence-corrected chi connectivity index (χ4v) is 4.34. The van der Waals surface area contributed by atoms with E-state index >= 15 is 0 Å². The number of imidazole rings is 1. The van der Waals surface area contributed by atoms with E-state index in [9.17, 15) is 17.6 Å². The zero-order chi connectivity index (χ0) is 20.9. The second kappa shape index (κ2) is 7.47. The van der Waals surface area contributed by atoms with Crippen LogP contribution in [0.4, 0.5) is 23.4 Å². The first kappa shape index (κ1) is 19.9. The number of aromatic nitrogens is 3. The van der Waals surface area contributed by atoms with Gasteiger partial charge in [-0.15, -0.1) is 0 Å². The number of pyridine rings is 1. The Morgan fingerprint density at radius 1 is 1.21 bits per heavy atom. The Kier molecular flexibility index (Phi) is 5.14. The lowest BCUT2D eigenvalue weighted by Crippen LogP contribution is -2.30. The van der Waals surface area contributed by atoms with Crippen LogP contribution in [0.25, 0.3) is 11.3 Å². The number of nitrogen functional groups attached to an aromatic ring is 1. The van der Waals surface area contributed by atoms with Gasteiger partial charge in [-0.3, -0.25) is 4.90 Å². The van der Waals surface area contributed by atoms with Crippen molar-refractivity contribution in [2.75, 3.05) is 25.4 Å². The minimum atomic E-state index is -3.00. The quantitative estimate of drug-likeness (QED) is 0.703. The highest BCUT2D eigenvalue weighted by atomic mass is 19.3. The molecule has 4 rings (SSSR count). The van der Waals surface area contributed by atoms with Gasteiger partial charge in [0.15, 0.2) is 11.6 Å². The number of hydrogen-bond donors (Lipinski definition) is 1. The van der Waals surface area contributed by atoms with Crippen LogP contribution in [0.15, 0.2) is 18.5 Å². The first-order valence-corrected chi connectivity index (χ1v) is 9.54. The maximum atomic E-state index is 12.6. The van der Waals surface area contributed by atoms with Crippen molar-refractivity contribution < 1.29 is 22.3 Å². The third-order valence-corrected chi connectivity index (χ3v) is 5.61. The minimum Gasteiger partial charge on any atom is -0.431 e. The van der Waals surface area contributed by atoms with Crippen LogP contribution in [0, 0.1) is 11.8 Å². The zero-order valence-corrected chi connectivity index (χ0v) is 16.1. The Balaban J connectivity index is 1.58. The maximum absolute atomic E-state index is 12.6. The molecule has 1 aliphatic heterocycles. The number of nitrogens with two attached hydrogens (primary N) is 1. The highest BCUT2D eigenvalue weighted by Crippen LogP contribution is 2.56. The largest absolute Gasteiger partial charge is 0.431 e. The number of anilines is 1. The normalized spacial score (nSPS) is 24.0. The van der Waals surface area contributed by atoms with Crippen molar-refractivity contribution in [2.45, 2.75) is 38.8 Å². The number of nitrogens with zero attached hydrogens (tertiary/aromatic N) is 4. The summed E-state index contributed by atoms with van der Waals surface area (Å²) < 4.78 is 57.0. The molecule has 1 saturated carbocycles. The molecule has 0 amide bonds. The fourth-order valence-electron chi connectivity index (χ4n) is 4.34. The average Bonchev–Trinajstić information content (AvgIpc) is 2.97. The summed E-state index contributed by atoms with van der Waals surface area (Å²) in [5, 5.41) is 0. The number of fused-ring (bicyclic) bond motifs is 1. The molecule has 2 unspecified atom stereocenters. The standard InChI is InChI=1S/C19H23F4N5O/c1-9(2)18-26-13(10-3-14(29-19(22)23)17(24)25-4-10)7-28(18)16-11-5-27(6-12(11)16)8-15(20)21/h3-4,7,9,11-12,15-16,19H,5-6,8H2,1-2H3,(H2,24,25). The summed E-state index contributed by atoms with van der Waals surface area (Å²) in [6.45, 7) is 2.17. The first-order chi connectivity index (χ1) is 13.7. The van der Waals surface area contributed by atoms with E-state index in [-0.39, 0.29) is 30.1 Å². The molecule has 2 aromatic rings. The number of hydrogen-bond acceptors (Lipinski definition) is 5. The van der Waals surface area contributed by atoms with Gasteiger partial charge in [0.1, 0.15) is 5.82 Å². The second-order valence-corrected chi connectivity index (χ2v) is 7.96. The van der Waals surface area contributed by atoms with Gasteiger partial charge in [-0.2, -0.15) is 8.78 Å². The van der Waals surface area contributed by atoms with Crippen LogP contribution in [-0.4, -0.2) is 52.1 Å². The Morgan fingerprint density at radius 2 is 1.90 bits per heavy atom. The summed E-state index contributed by atoms with van der Waals surface area (Å²) in [5.41, 5.74) is 6.73. The monoisotopic (exact) mass is 413 g/mol. The molecular weight excluding hydrogens is 390 g/mol. The number of ether oxygens (including phenoxy) is 1. The molecule has 1 saturated heterocycles. The van der Waals surface area contributed by atoms with Gasteiger partial charge in [-0.25, -0.2) is 18.7 Å². The minimum absolute atomic E-state index is 0.117. The van der Waals surface area contributed by atoms with E-state index < -0.39 is 13.0 Å². The van der Waals surface area contributed by atoms with Gasteiger partial charge in [-0.05, 0) is 17.9 Å². The van der Waals surface area contributed by atoms with Crippen LogP contribution in [0.3, 0.4) is 0 Å². The molecule has 0 aromatic carbocycles. The summed E-state index contributed by atoms with van der Waals surface area (Å²) in [4.78, 5) is 10.4. The Labute approximate surface area is 165 Å². The van der Waals surface area contributed by atoms with Crippen molar-refractivity contribution in [3.63, 3.8) is 0 Å². The molecule has 1 aliphatic carbocycles. The van der Waals surface area contributed by atoms with Gasteiger partial charge in [0, 0.05) is 43.0 Å². The molecule has 6 nitrogen and oxygen atoms in total. The SMILES string of the molecule is CC(C)c1nc(-c2cnc(N)c(OC(F)F)c2)cn1C1C2CN(CC(F)F)CC21. The number of piperidine rings is 1. The van der Waals surface area contributed by atoms with Crippen LogP contribution in [0.2, 0.25) is 0 Å². The molecule has 2 aromatic heterocycles. The maximum Gasteiger partial charge on any atom is 0.387 e. The molecule has 2 fully saturated rings. The van der Waals surface area contributed by atoms with Gasteiger partial charge in [0.2, 0.25) is 0 Å². The molecule has 2 atom stereocenters. The number of likely N-dealkylation sites (tertiary alicyclic amines) is 1. The second-order valence-electron chi connectivity index (χ2n) is 7.96. The lowest BCUT2D eigenvalue weighted by atomic mass is 10.2. The molecule has 29 heavy (non-hydrogen) atoms. The fraction of sp³-hybridized carbons (Fsp3) is 0.579. The lowest BCUT2D eigenvalue weighted by molar-refractivity contribution is -0.0494. The van der Waals surface area contributed by atoms with Crippen LogP contribution in [0.1, 0.15) is 31.6 Å². The Morgan fingerprint density at radius 3 is 2.48 bits per heavy atom. The summed E-state index contributed by atoms with van der Waals surface area (Å²) in [7, 11) is 0. The highest BCUT2D eigenvalue weighted by molar-refractivity contribution is 5.64. The van der Waals surface area contributed by atoms with Crippen molar-refractivity contribution in [1.29, 1.82) is 0 Å². The van der Waals surface area contributed by atoms with E-state index in [0.29, 0.717) is 36.2 Å². The lowest BCUT2D eigenvalue weighted by Gasteiger charge is -2.20. The third-order valence-electron chi connectivity index (χ3n) is 5.61. The molecule has 2 aliphatic rings. The van der Waals surface area contributed by atoms with Gasteiger partial charge < -0.3 is 15.0 Å². The van der Waals surface area contributed by atoms with E-state index in [4.69, 9.17) is 10.7 Å². The van der Waals surface area contributed by atoms with Gasteiger partial charge in [0.05, 0.1) is 12.2 Å². The molecule has 0 radical (unpaired) electrons. The van der Waals surface area contributed by atoms with Crippen molar-refractivity contribution in [2.24, 2.45) is 11.8 Å². The van der Waals surface area contributed by atoms with Crippen molar-refractivity contribution >= 4 is 5.82 Å². The van der Waals surface area contributed by atoms with Gasteiger partial charge in [0.25, 0.3) is 6.43 Å². The summed E-state index contributed by atoms with van der Waals surface area (Å²) >= 11 is 0. The highest BCUT2D eigenvalue weighted by Gasteiger charge is 2.57. The Bertz CT molecular complexity index is 875. The summed E-state index contributed by atoms with van der Waals surface area (Å²) in [6.07, 6.45) is 1.04. The third kappa shape index (κ3) is 3.90. The Hall–Kier alpha value is -2.36. The summed E-state index contributed by atoms with van der Waals surface area (Å²) in [5.74, 6) is 1.36. The van der Waals surface area contributed by atoms with Crippen molar-refractivity contribution in [1.82, 2.24) is 19.4 Å². The molecule has 0 spiro atoms. The van der Waals surface area contributed by atoms with Crippen molar-refractivity contribution in [3.05, 3.63) is 24.3 Å². The topological polar surface area (TPSA) is 69.2 Å². The molecule has 3 heterocycles. The van der Waals surface area contributed by atoms with E-state index in [0.717, 1.165) is 5.82 Å². The number of alkyl halides is 4. The predicted octanol–water partition coefficient (Wildman–Crippen LogP) is 3.62. The number of rotatable bonds is 7. The molecule has 158 valence electrons. The first-order valence-electron chi connectivity index (χ1n) is 9.54. The predicted molar refractivity (Wildman–Crippen MR) is 99.1 cm³/mol. The van der Waals surface area contributed by atoms with Crippen LogP contribution in [0.5, 0.6) is 5.75 Å². The van der Waals surface area contributed by atoms with E-state index in [1.807, 2.05) is 20.0 Å². The van der Waals surface area contributed by atoms with E-state index in [1.54, 1.807) is 4.90 Å². The zero-order valence-electron chi connectivity index (χ0n) is 16.1. The van der Waals surface area contributed by atoms with E-state index in [1.165, 1.54) is 12.3 Å². The van der Waals surface area contributed by atoms with Crippen LogP contribution < -0.4 is 10.5 Å². The average molecular weight is 413 g/mol. The van der Waals surface area contributed by atoms with E-state index in [2.05, 4.69) is 14.3 Å². The smallest absolute Gasteiger partial charge is 0.387 e. The van der Waals surface area contributed by atoms with Gasteiger partial charge >= 0.3 is 6.61 Å². The van der Waals surface area contributed by atoms with Crippen molar-refractivity contribution in [3.8, 4) is 17.0 Å². The summed E-state index contributed by atoms with van der Waals surface area (Å²) in [6, 6.07) is 1.63. The van der Waals surface area contributed by atoms with Crippen LogP contribution >= 0.6 is 0 Å². The molecule has 2 N–H and O–H groups in total. The van der Waals surface area contributed by atoms with Crippen LogP contribution in [-0.2, 0) is 0 Å². The molecule has 10 heteroatoms. The molecule has 0 bridgehead atoms. The van der Waals surface area contributed by atoms with Gasteiger partial charge in [-0.1, -0.05) is 13.8 Å².